The van der Waals surface area contributed by atoms with Crippen molar-refractivity contribution in [3.05, 3.63) is 21.0 Å². The quantitative estimate of drug-likeness (QED) is 0.569. The number of ether oxygens (including phenoxy) is 1. The number of nitrogens with one attached hydrogen (secondary N) is 1. The highest BCUT2D eigenvalue weighted by atomic mass is 79.9. The molecule has 0 atom stereocenters. The van der Waals surface area contributed by atoms with Gasteiger partial charge in [0.05, 0.1) is 19.0 Å². The summed E-state index contributed by atoms with van der Waals surface area (Å²) < 4.78 is 5.97. The molecule has 1 heterocycles. The van der Waals surface area contributed by atoms with Crippen molar-refractivity contribution in [2.75, 3.05) is 19.0 Å². The molecule has 0 radical (unpaired) electrons. The van der Waals surface area contributed by atoms with E-state index in [2.05, 4.69) is 44.9 Å². The second-order valence-electron chi connectivity index (χ2n) is 5.23. The molecule has 21 heavy (non-hydrogen) atoms. The third-order valence-corrected chi connectivity index (χ3v) is 3.78. The van der Waals surface area contributed by atoms with Gasteiger partial charge in [0.25, 0.3) is 5.56 Å². The van der Waals surface area contributed by atoms with Gasteiger partial charge in [-0.1, -0.05) is 26.7 Å². The van der Waals surface area contributed by atoms with Crippen LogP contribution in [0.5, 0.6) is 0 Å². The van der Waals surface area contributed by atoms with E-state index in [-0.39, 0.29) is 12.1 Å². The van der Waals surface area contributed by atoms with E-state index in [4.69, 9.17) is 0 Å². The van der Waals surface area contributed by atoms with Gasteiger partial charge in [0, 0.05) is 6.54 Å². The van der Waals surface area contributed by atoms with Crippen molar-refractivity contribution >= 4 is 27.6 Å². The summed E-state index contributed by atoms with van der Waals surface area (Å²) in [6.45, 7) is 5.00. The first-order chi connectivity index (χ1) is 9.95. The zero-order valence-corrected chi connectivity index (χ0v) is 14.3. The van der Waals surface area contributed by atoms with E-state index in [1.807, 2.05) is 0 Å². The topological polar surface area (TPSA) is 73.2 Å². The molecule has 0 unspecified atom stereocenters. The van der Waals surface area contributed by atoms with Crippen molar-refractivity contribution in [3.8, 4) is 0 Å². The molecule has 0 saturated carbocycles. The molecule has 0 fully saturated rings. The zero-order valence-electron chi connectivity index (χ0n) is 12.7. The maximum Gasteiger partial charge on any atom is 0.327 e. The van der Waals surface area contributed by atoms with Gasteiger partial charge in [0.15, 0.2) is 0 Å². The first-order valence-corrected chi connectivity index (χ1v) is 7.81. The summed E-state index contributed by atoms with van der Waals surface area (Å²) in [5, 5.41) is 7.15. The molecule has 1 aromatic rings. The third kappa shape index (κ3) is 5.87. The summed E-state index contributed by atoms with van der Waals surface area (Å²) in [6.07, 6.45) is 4.92. The molecule has 0 bridgehead atoms. The third-order valence-electron chi connectivity index (χ3n) is 3.02. The highest BCUT2D eigenvalue weighted by Crippen LogP contribution is 2.16. The number of halogens is 1. The first-order valence-electron chi connectivity index (χ1n) is 7.02. The molecule has 0 aliphatic carbocycles. The number of rotatable bonds is 8. The summed E-state index contributed by atoms with van der Waals surface area (Å²) in [6, 6.07) is 0. The molecule has 1 aromatic heterocycles. The van der Waals surface area contributed by atoms with Crippen LogP contribution in [0.1, 0.15) is 33.1 Å². The Morgan fingerprint density at radius 1 is 1.48 bits per heavy atom. The minimum atomic E-state index is -0.508. The van der Waals surface area contributed by atoms with Gasteiger partial charge in [0.2, 0.25) is 0 Å². The van der Waals surface area contributed by atoms with Crippen LogP contribution in [-0.2, 0) is 16.1 Å². The average molecular weight is 360 g/mol. The van der Waals surface area contributed by atoms with E-state index in [9.17, 15) is 9.59 Å². The number of esters is 1. The van der Waals surface area contributed by atoms with E-state index in [1.54, 1.807) is 0 Å². The fraction of sp³-hybridized carbons (Fsp3) is 0.643. The van der Waals surface area contributed by atoms with Gasteiger partial charge in [0.1, 0.15) is 11.0 Å². The van der Waals surface area contributed by atoms with Crippen molar-refractivity contribution in [2.45, 2.75) is 39.7 Å². The minimum Gasteiger partial charge on any atom is -0.468 e. The second-order valence-corrected chi connectivity index (χ2v) is 6.02. The van der Waals surface area contributed by atoms with Crippen molar-refractivity contribution < 1.29 is 9.53 Å². The maximum atomic E-state index is 12.0. The van der Waals surface area contributed by atoms with Crippen molar-refractivity contribution in [3.63, 3.8) is 0 Å². The second kappa shape index (κ2) is 8.81. The minimum absolute atomic E-state index is 0.192. The lowest BCUT2D eigenvalue weighted by Gasteiger charge is -2.10. The summed E-state index contributed by atoms with van der Waals surface area (Å²) in [4.78, 5) is 23.2. The lowest BCUT2D eigenvalue weighted by Crippen LogP contribution is -2.28. The molecule has 0 spiro atoms. The van der Waals surface area contributed by atoms with Crippen LogP contribution in [0.3, 0.4) is 0 Å². The Hall–Kier alpha value is -1.37. The normalized spacial score (nSPS) is 10.7. The molecule has 0 saturated heterocycles. The molecule has 0 amide bonds. The number of hydrogen-bond acceptors (Lipinski definition) is 5. The SMILES string of the molecule is COC(=O)Cn1ncc(NCCCCC(C)C)c(Br)c1=O. The van der Waals surface area contributed by atoms with Gasteiger partial charge in [-0.2, -0.15) is 5.10 Å². The number of nitrogens with zero attached hydrogens (tertiary/aromatic N) is 2. The fourth-order valence-electron chi connectivity index (χ4n) is 1.79. The Labute approximate surface area is 133 Å². The van der Waals surface area contributed by atoms with E-state index < -0.39 is 5.97 Å². The van der Waals surface area contributed by atoms with Gasteiger partial charge in [-0.05, 0) is 28.3 Å². The molecule has 118 valence electrons. The van der Waals surface area contributed by atoms with Crippen LogP contribution in [0, 0.1) is 5.92 Å². The molecule has 6 nitrogen and oxygen atoms in total. The maximum absolute atomic E-state index is 12.0. The number of carbonyl (C=O) groups is 1. The molecular formula is C14H22BrN3O3. The van der Waals surface area contributed by atoms with Crippen molar-refractivity contribution in [1.29, 1.82) is 0 Å². The van der Waals surface area contributed by atoms with Crippen LogP contribution in [-0.4, -0.2) is 29.4 Å². The van der Waals surface area contributed by atoms with Crippen LogP contribution < -0.4 is 10.9 Å². The fourth-order valence-corrected chi connectivity index (χ4v) is 2.24. The Morgan fingerprint density at radius 2 is 2.19 bits per heavy atom. The highest BCUT2D eigenvalue weighted by Gasteiger charge is 2.11. The van der Waals surface area contributed by atoms with Gasteiger partial charge < -0.3 is 10.1 Å². The molecule has 1 N–H and O–H groups in total. The molecular weight excluding hydrogens is 338 g/mol. The average Bonchev–Trinajstić information content (AvgIpc) is 2.45. The molecule has 0 aromatic carbocycles. The molecule has 0 aliphatic heterocycles. The summed E-state index contributed by atoms with van der Waals surface area (Å²) >= 11 is 3.25. The summed E-state index contributed by atoms with van der Waals surface area (Å²) in [7, 11) is 1.27. The van der Waals surface area contributed by atoms with E-state index in [0.717, 1.165) is 24.1 Å². The number of methoxy groups -OCH3 is 1. The van der Waals surface area contributed by atoms with E-state index in [0.29, 0.717) is 16.1 Å². The van der Waals surface area contributed by atoms with E-state index in [1.165, 1.54) is 19.7 Å². The monoisotopic (exact) mass is 359 g/mol. The van der Waals surface area contributed by atoms with Gasteiger partial charge >= 0.3 is 5.97 Å². The number of unbranched alkanes of at least 4 members (excludes halogenated alkanes) is 1. The van der Waals surface area contributed by atoms with Gasteiger partial charge in [-0.15, -0.1) is 0 Å². The summed E-state index contributed by atoms with van der Waals surface area (Å²) in [5.41, 5.74) is 0.290. The molecule has 0 aliphatic rings. The largest absolute Gasteiger partial charge is 0.468 e. The van der Waals surface area contributed by atoms with Gasteiger partial charge in [-0.25, -0.2) is 4.68 Å². The van der Waals surface area contributed by atoms with E-state index >= 15 is 0 Å². The standard InChI is InChI=1S/C14H22BrN3O3/c1-10(2)6-4-5-7-16-11-8-17-18(9-12(19)21-3)14(20)13(11)15/h8,10,16H,4-7,9H2,1-3H3. The summed E-state index contributed by atoms with van der Waals surface area (Å²) in [5.74, 6) is 0.201. The van der Waals surface area contributed by atoms with Crippen LogP contribution in [0.4, 0.5) is 5.69 Å². The Bertz CT molecular complexity index is 529. The van der Waals surface area contributed by atoms with Crippen LogP contribution in [0.15, 0.2) is 15.5 Å². The van der Waals surface area contributed by atoms with Crippen LogP contribution in [0.25, 0.3) is 0 Å². The predicted molar refractivity (Wildman–Crippen MR) is 85.4 cm³/mol. The van der Waals surface area contributed by atoms with Crippen molar-refractivity contribution in [2.24, 2.45) is 5.92 Å². The lowest BCUT2D eigenvalue weighted by molar-refractivity contribution is -0.141. The van der Waals surface area contributed by atoms with Gasteiger partial charge in [-0.3, -0.25) is 9.59 Å². The number of hydrogen-bond donors (Lipinski definition) is 1. The number of aromatic nitrogens is 2. The van der Waals surface area contributed by atoms with Crippen molar-refractivity contribution in [1.82, 2.24) is 9.78 Å². The first kappa shape index (κ1) is 17.7. The Morgan fingerprint density at radius 3 is 2.81 bits per heavy atom. The Balaban J connectivity index is 2.59. The highest BCUT2D eigenvalue weighted by molar-refractivity contribution is 9.10. The number of carbonyl (C=O) groups excluding carboxylic acids is 1. The number of anilines is 1. The molecule has 7 heteroatoms. The predicted octanol–water partition coefficient (Wildman–Crippen LogP) is 2.42. The molecule has 1 rings (SSSR count). The smallest absolute Gasteiger partial charge is 0.327 e. The Kier molecular flexibility index (Phi) is 7.42. The van der Waals surface area contributed by atoms with Crippen LogP contribution in [0.2, 0.25) is 0 Å². The lowest BCUT2D eigenvalue weighted by atomic mass is 10.1. The van der Waals surface area contributed by atoms with Crippen LogP contribution >= 0.6 is 15.9 Å². The zero-order chi connectivity index (χ0) is 15.8.